The van der Waals surface area contributed by atoms with Crippen molar-refractivity contribution in [1.82, 2.24) is 15.0 Å². The van der Waals surface area contributed by atoms with Crippen molar-refractivity contribution in [3.05, 3.63) is 69.7 Å². The van der Waals surface area contributed by atoms with Crippen molar-refractivity contribution in [3.63, 3.8) is 0 Å². The normalized spacial score (nSPS) is 14.4. The molecule has 0 unspecified atom stereocenters. The number of nitrogens with zero attached hydrogens (tertiary/aromatic N) is 4. The molecule has 0 N–H and O–H groups in total. The van der Waals surface area contributed by atoms with Gasteiger partial charge in [-0.15, -0.1) is 0 Å². The highest BCUT2D eigenvalue weighted by Crippen LogP contribution is 2.33. The van der Waals surface area contributed by atoms with E-state index in [0.29, 0.717) is 43.3 Å². The highest BCUT2D eigenvalue weighted by Gasteiger charge is 2.32. The Bertz CT molecular complexity index is 1170. The van der Waals surface area contributed by atoms with Crippen LogP contribution < -0.4 is 9.64 Å². The van der Waals surface area contributed by atoms with Crippen molar-refractivity contribution >= 4 is 23.3 Å². The zero-order chi connectivity index (χ0) is 24.5. The van der Waals surface area contributed by atoms with Gasteiger partial charge in [-0.05, 0) is 38.1 Å². The quantitative estimate of drug-likeness (QED) is 0.502. The summed E-state index contributed by atoms with van der Waals surface area (Å²) >= 11 is 6.06. The van der Waals surface area contributed by atoms with Crippen molar-refractivity contribution in [1.29, 1.82) is 0 Å². The van der Waals surface area contributed by atoms with E-state index in [9.17, 15) is 18.0 Å². The first-order chi connectivity index (χ1) is 16.1. The summed E-state index contributed by atoms with van der Waals surface area (Å²) in [6.45, 7) is 5.47. The summed E-state index contributed by atoms with van der Waals surface area (Å²) < 4.78 is 49.5. The largest absolute Gasteiger partial charge is 0.489 e. The van der Waals surface area contributed by atoms with Gasteiger partial charge in [0.05, 0.1) is 21.8 Å². The van der Waals surface area contributed by atoms with Crippen LogP contribution in [0.2, 0.25) is 5.02 Å². The molecule has 2 aromatic heterocycles. The number of ether oxygens (including phenoxy) is 1. The molecular weight excluding hydrogens is 473 g/mol. The second-order valence-corrected chi connectivity index (χ2v) is 8.33. The van der Waals surface area contributed by atoms with Gasteiger partial charge < -0.3 is 19.1 Å². The third-order valence-electron chi connectivity index (χ3n) is 5.66. The Morgan fingerprint density at radius 3 is 2.53 bits per heavy atom. The number of carbonyl (C=O) groups excluding carboxylic acids is 1. The number of amides is 1. The smallest absolute Gasteiger partial charge is 0.417 e. The lowest BCUT2D eigenvalue weighted by Gasteiger charge is -2.36. The minimum atomic E-state index is -4.51. The van der Waals surface area contributed by atoms with Gasteiger partial charge in [0.2, 0.25) is 0 Å². The molecule has 0 saturated carbocycles. The molecule has 0 radical (unpaired) electrons. The first-order valence-corrected chi connectivity index (χ1v) is 10.9. The molecule has 3 aromatic rings. The van der Waals surface area contributed by atoms with Crippen LogP contribution in [-0.4, -0.2) is 47.1 Å². The summed E-state index contributed by atoms with van der Waals surface area (Å²) in [4.78, 5) is 20.4. The van der Waals surface area contributed by atoms with E-state index < -0.39 is 11.7 Å². The lowest BCUT2D eigenvalue weighted by molar-refractivity contribution is -0.137. The van der Waals surface area contributed by atoms with E-state index in [1.165, 1.54) is 0 Å². The summed E-state index contributed by atoms with van der Waals surface area (Å²) in [6.07, 6.45) is -3.74. The number of aryl methyl sites for hydroxylation is 2. The first-order valence-electron chi connectivity index (χ1n) is 10.5. The number of rotatable bonds is 5. The maximum Gasteiger partial charge on any atom is 0.417 e. The predicted octanol–water partition coefficient (Wildman–Crippen LogP) is 4.90. The minimum absolute atomic E-state index is 0.0715. The number of anilines is 1. The highest BCUT2D eigenvalue weighted by molar-refractivity contribution is 6.33. The maximum absolute atomic E-state index is 13.0. The number of carbonyl (C=O) groups is 1. The fourth-order valence-corrected chi connectivity index (χ4v) is 3.99. The third-order valence-corrected chi connectivity index (χ3v) is 5.94. The average Bonchev–Trinajstić information content (AvgIpc) is 3.14. The molecule has 0 aliphatic carbocycles. The fourth-order valence-electron chi connectivity index (χ4n) is 3.70. The minimum Gasteiger partial charge on any atom is -0.489 e. The van der Waals surface area contributed by atoms with Crippen LogP contribution in [0.4, 0.5) is 19.0 Å². The SMILES string of the molecule is Cc1noc(C)c1COc1cccc(C(=O)N2CCN(c3ncc(C(F)(F)F)cc3Cl)CC2)c1. The van der Waals surface area contributed by atoms with Crippen molar-refractivity contribution in [2.75, 3.05) is 31.1 Å². The molecule has 0 bridgehead atoms. The number of hydrogen-bond acceptors (Lipinski definition) is 6. The van der Waals surface area contributed by atoms with Gasteiger partial charge in [-0.2, -0.15) is 13.2 Å². The van der Waals surface area contributed by atoms with Gasteiger partial charge in [-0.1, -0.05) is 22.8 Å². The van der Waals surface area contributed by atoms with Crippen LogP contribution in [0.25, 0.3) is 0 Å². The summed E-state index contributed by atoms with van der Waals surface area (Å²) in [7, 11) is 0. The van der Waals surface area contributed by atoms with Crippen LogP contribution in [0, 0.1) is 13.8 Å². The van der Waals surface area contributed by atoms with Crippen LogP contribution >= 0.6 is 11.6 Å². The monoisotopic (exact) mass is 494 g/mol. The molecule has 1 aliphatic rings. The molecule has 11 heteroatoms. The topological polar surface area (TPSA) is 71.7 Å². The molecule has 3 heterocycles. The van der Waals surface area contributed by atoms with Gasteiger partial charge in [0.1, 0.15) is 23.9 Å². The number of halogens is 4. The number of alkyl halides is 3. The Kier molecular flexibility index (Phi) is 6.70. The summed E-state index contributed by atoms with van der Waals surface area (Å²) in [6, 6.07) is 7.78. The molecule has 1 fully saturated rings. The number of hydrogen-bond donors (Lipinski definition) is 0. The van der Waals surface area contributed by atoms with E-state index in [1.807, 2.05) is 13.8 Å². The molecule has 1 aromatic carbocycles. The molecule has 1 aliphatic heterocycles. The Labute approximate surface area is 199 Å². The van der Waals surface area contributed by atoms with E-state index in [-0.39, 0.29) is 23.4 Å². The first kappa shape index (κ1) is 23.9. The van der Waals surface area contributed by atoms with E-state index in [0.717, 1.165) is 23.5 Å². The maximum atomic E-state index is 13.0. The predicted molar refractivity (Wildman–Crippen MR) is 119 cm³/mol. The zero-order valence-electron chi connectivity index (χ0n) is 18.5. The molecule has 1 amide bonds. The lowest BCUT2D eigenvalue weighted by Crippen LogP contribution is -2.49. The molecule has 7 nitrogen and oxygen atoms in total. The lowest BCUT2D eigenvalue weighted by atomic mass is 10.1. The second-order valence-electron chi connectivity index (χ2n) is 7.93. The van der Waals surface area contributed by atoms with Gasteiger partial charge in [-0.25, -0.2) is 4.98 Å². The van der Waals surface area contributed by atoms with Crippen molar-refractivity contribution in [2.24, 2.45) is 0 Å². The van der Waals surface area contributed by atoms with Gasteiger partial charge in [0, 0.05) is 37.9 Å². The van der Waals surface area contributed by atoms with E-state index in [4.69, 9.17) is 20.9 Å². The third kappa shape index (κ3) is 5.11. The average molecular weight is 495 g/mol. The Morgan fingerprint density at radius 2 is 1.91 bits per heavy atom. The Hall–Kier alpha value is -3.27. The Balaban J connectivity index is 1.38. The van der Waals surface area contributed by atoms with Crippen LogP contribution in [0.3, 0.4) is 0 Å². The molecule has 180 valence electrons. The van der Waals surface area contributed by atoms with Crippen molar-refractivity contribution in [2.45, 2.75) is 26.6 Å². The van der Waals surface area contributed by atoms with Crippen LogP contribution in [-0.2, 0) is 12.8 Å². The molecule has 0 spiro atoms. The highest BCUT2D eigenvalue weighted by atomic mass is 35.5. The van der Waals surface area contributed by atoms with Crippen molar-refractivity contribution < 1.29 is 27.2 Å². The van der Waals surface area contributed by atoms with Gasteiger partial charge in [-0.3, -0.25) is 4.79 Å². The van der Waals surface area contributed by atoms with E-state index >= 15 is 0 Å². The number of piperazine rings is 1. The summed E-state index contributed by atoms with van der Waals surface area (Å²) in [5.41, 5.74) is 1.20. The van der Waals surface area contributed by atoms with Gasteiger partial charge in [0.25, 0.3) is 5.91 Å². The van der Waals surface area contributed by atoms with E-state index in [2.05, 4.69) is 10.1 Å². The molecule has 34 heavy (non-hydrogen) atoms. The van der Waals surface area contributed by atoms with Gasteiger partial charge >= 0.3 is 6.18 Å². The zero-order valence-corrected chi connectivity index (χ0v) is 19.3. The van der Waals surface area contributed by atoms with Gasteiger partial charge in [0.15, 0.2) is 0 Å². The van der Waals surface area contributed by atoms with Crippen LogP contribution in [0.5, 0.6) is 5.75 Å². The molecular formula is C23H22ClF3N4O3. The number of benzene rings is 1. The molecule has 0 atom stereocenters. The van der Waals surface area contributed by atoms with Crippen LogP contribution in [0.1, 0.15) is 32.9 Å². The Morgan fingerprint density at radius 1 is 1.18 bits per heavy atom. The van der Waals surface area contributed by atoms with Crippen molar-refractivity contribution in [3.8, 4) is 5.75 Å². The summed E-state index contributed by atoms with van der Waals surface area (Å²) in [5, 5.41) is 3.83. The second kappa shape index (κ2) is 9.54. The van der Waals surface area contributed by atoms with Crippen LogP contribution in [0.15, 0.2) is 41.1 Å². The number of pyridine rings is 1. The molecule has 4 rings (SSSR count). The summed E-state index contributed by atoms with van der Waals surface area (Å²) in [5.74, 6) is 1.35. The fraction of sp³-hybridized carbons (Fsp3) is 0.348. The standard InChI is InChI=1S/C23H22ClF3N4O3/c1-14-19(15(2)34-29-14)13-33-18-5-3-4-16(10-18)22(32)31-8-6-30(7-9-31)21-20(24)11-17(12-28-21)23(25,26)27/h3-5,10-12H,6-9,13H2,1-2H3. The van der Waals surface area contributed by atoms with E-state index in [1.54, 1.807) is 34.1 Å². The number of aromatic nitrogens is 2. The molecule has 1 saturated heterocycles.